The predicted octanol–water partition coefficient (Wildman–Crippen LogP) is 7.32. The number of aliphatic hydroxyl groups is 1. The molecule has 0 saturated heterocycles. The van der Waals surface area contributed by atoms with Gasteiger partial charge in [0.25, 0.3) is 11.1 Å². The van der Waals surface area contributed by atoms with E-state index in [0.29, 0.717) is 15.5 Å². The maximum atomic E-state index is 11.2. The number of halogens is 4. The molecule has 12 nitrogen and oxygen atoms in total. The van der Waals surface area contributed by atoms with E-state index in [1.807, 2.05) is 83.4 Å². The van der Waals surface area contributed by atoms with Gasteiger partial charge in [-0.2, -0.15) is 0 Å². The second-order valence-electron chi connectivity index (χ2n) is 11.5. The summed E-state index contributed by atoms with van der Waals surface area (Å²) in [7, 11) is 0. The number of nitrogens with zero attached hydrogens (tertiary/aromatic N) is 5. The molecule has 6 aromatic rings. The van der Waals surface area contributed by atoms with Crippen molar-refractivity contribution in [2.24, 2.45) is 0 Å². The third kappa shape index (κ3) is 30.6. The number of carbonyl (C=O) groups is 1. The number of hydrogen-bond donors (Lipinski definition) is 4. The molecular weight excluding hydrogens is 1080 g/mol. The van der Waals surface area contributed by atoms with Crippen LogP contribution in [0.15, 0.2) is 100 Å². The van der Waals surface area contributed by atoms with E-state index in [4.69, 9.17) is 5.11 Å². The molecule has 0 unspecified atom stereocenters. The average Bonchev–Trinajstić information content (AvgIpc) is 3.15. The number of thioether (sulfide) groups is 1. The van der Waals surface area contributed by atoms with Gasteiger partial charge in [0.15, 0.2) is 16.2 Å². The number of nitrogens with one attached hydrogen (secondary N) is 3. The normalized spacial score (nSPS) is 9.36. The molecule has 3 radical (unpaired) electrons. The Hall–Kier alpha value is -2.03. The van der Waals surface area contributed by atoms with Gasteiger partial charge in [0, 0.05) is 96.1 Å². The monoisotopic (exact) mass is 1120 g/mol. The Balaban J connectivity index is -0.000000671. The zero-order valence-electron chi connectivity index (χ0n) is 34.5. The third-order valence-corrected chi connectivity index (χ3v) is 8.24. The Kier molecular flexibility index (Phi) is 34.6. The minimum atomic E-state index is -0.183. The van der Waals surface area contributed by atoms with Gasteiger partial charge in [0.05, 0.1) is 6.61 Å². The molecule has 0 bridgehead atoms. The topological polar surface area (TPSA) is 183 Å². The maximum absolute atomic E-state index is 11.2. The Bertz CT molecular complexity index is 2160. The van der Waals surface area contributed by atoms with Gasteiger partial charge in [0.2, 0.25) is 0 Å². The van der Waals surface area contributed by atoms with Gasteiger partial charge in [-0.25, -0.2) is 4.98 Å². The summed E-state index contributed by atoms with van der Waals surface area (Å²) in [6.45, 7) is 11.4. The van der Waals surface area contributed by atoms with E-state index >= 15 is 0 Å². The number of aliphatic hydroxyl groups excluding tert-OH is 1. The molecule has 0 fully saturated rings. The molecule has 0 aliphatic carbocycles. The van der Waals surface area contributed by atoms with Crippen LogP contribution in [-0.2, 0) is 17.7 Å². The molecule has 4 N–H and O–H groups in total. The second-order valence-corrected chi connectivity index (χ2v) is 28.8. The van der Waals surface area contributed by atoms with Crippen molar-refractivity contribution < 1.29 is 40.9 Å². The third-order valence-electron chi connectivity index (χ3n) is 6.44. The Morgan fingerprint density at radius 3 is 1.54 bits per heavy atom. The van der Waals surface area contributed by atoms with Crippen molar-refractivity contribution >= 4 is 105 Å². The zero-order valence-corrected chi connectivity index (χ0v) is 44.4. The number of aromatic amines is 3. The molecule has 0 aromatic carbocycles. The summed E-state index contributed by atoms with van der Waals surface area (Å²) in [4.78, 5) is 60.3. The van der Waals surface area contributed by atoms with Crippen LogP contribution in [-0.4, -0.2) is 59.7 Å². The van der Waals surface area contributed by atoms with Crippen molar-refractivity contribution in [2.45, 2.75) is 64.4 Å². The number of rotatable bonds is 6. The molecule has 0 amide bonds. The van der Waals surface area contributed by atoms with E-state index in [2.05, 4.69) is 121 Å². The number of alkyl halides is 1. The summed E-state index contributed by atoms with van der Waals surface area (Å²) in [5, 5.41) is 10.1. The summed E-state index contributed by atoms with van der Waals surface area (Å²) in [5.74, 6) is 0.750. The molecule has 6 heterocycles. The van der Waals surface area contributed by atoms with Crippen LogP contribution in [0.3, 0.4) is 0 Å². The van der Waals surface area contributed by atoms with Crippen LogP contribution in [0.2, 0.25) is 0 Å². The van der Waals surface area contributed by atoms with E-state index in [9.17, 15) is 14.4 Å². The first-order chi connectivity index (χ1) is 27.0. The standard InChI is InChI=1S/C12H13N3OS.C7H8BrN.C7H9NO.C7H7NO.C5H6N2OS.B.Br3P.Na.H/c1-8-3-4-10(6-13-8)7-17-12-14-9(2)5-11(16)15-12;1-6-2-3-7(4-8)5-9-6;2*1-6-2-3-7(5-9)4-8-6;1-3-2-4(8)7-5(9)6-3;;1-4(2)3;;/h3-6H,7H2,1-2H3,(H,14,15,16);2-3,5H,4H2,1H3;2-4,9H,5H2,1H3;2-5H,1H3;2H,1H3,(H2,6,7,8,9);;;;/q;;;;;;;+1;-1. The molecule has 309 valence electrons. The fourth-order valence-corrected chi connectivity index (χ4v) is 5.11. The number of aldehydes is 1. The summed E-state index contributed by atoms with van der Waals surface area (Å²) in [6.07, 6.45) is 7.74. The molecule has 0 aliphatic rings. The van der Waals surface area contributed by atoms with E-state index < -0.39 is 0 Å². The number of hydrogen-bond acceptors (Lipinski definition) is 11. The largest absolute Gasteiger partial charge is 1.00 e. The van der Waals surface area contributed by atoms with Crippen molar-refractivity contribution in [1.82, 2.24) is 39.9 Å². The smallest absolute Gasteiger partial charge is 1.00 e. The maximum Gasteiger partial charge on any atom is 1.00 e. The summed E-state index contributed by atoms with van der Waals surface area (Å²) in [6, 6.07) is 18.3. The van der Waals surface area contributed by atoms with Crippen molar-refractivity contribution in [3.63, 3.8) is 0 Å². The molecule has 6 aromatic heterocycles. The van der Waals surface area contributed by atoms with Crippen molar-refractivity contribution in [3.8, 4) is 0 Å². The van der Waals surface area contributed by atoms with Gasteiger partial charge < -0.3 is 16.5 Å². The second kappa shape index (κ2) is 34.5. The van der Waals surface area contributed by atoms with E-state index in [-0.39, 0.29) is 61.2 Å². The fraction of sp³-hybridized carbons (Fsp3) is 0.237. The number of pyridine rings is 4. The minimum Gasteiger partial charge on any atom is -1.00 e. The van der Waals surface area contributed by atoms with Crippen LogP contribution in [0.1, 0.15) is 62.6 Å². The minimum absolute atomic E-state index is 0. The van der Waals surface area contributed by atoms with Crippen LogP contribution in [0.25, 0.3) is 0 Å². The summed E-state index contributed by atoms with van der Waals surface area (Å²) >= 11 is 19.0. The van der Waals surface area contributed by atoms with Crippen molar-refractivity contribution in [3.05, 3.63) is 167 Å². The van der Waals surface area contributed by atoms with E-state index in [1.54, 1.807) is 25.4 Å². The molecule has 0 aliphatic heterocycles. The Morgan fingerprint density at radius 1 is 0.712 bits per heavy atom. The van der Waals surface area contributed by atoms with Gasteiger partial charge >= 0.3 is 29.6 Å². The number of carbonyl (C=O) groups excluding carboxylic acids is 1. The zero-order chi connectivity index (χ0) is 42.8. The van der Waals surface area contributed by atoms with Gasteiger partial charge in [-0.3, -0.25) is 39.3 Å². The Labute approximate surface area is 413 Å². The molecule has 0 atom stereocenters. The van der Waals surface area contributed by atoms with Gasteiger partial charge in [-0.1, -0.05) is 45.9 Å². The van der Waals surface area contributed by atoms with Gasteiger partial charge in [-0.15, -0.1) is 0 Å². The SMILES string of the molecule is BrP(Br)Br.Cc1cc(=O)[nH]c(=S)[nH]1.Cc1ccc(C=O)cn1.Cc1ccc(CBr)cn1.Cc1ccc(CO)cn1.Cc1ccc(CSc2nc(C)cc(=O)[nH]2)cn1.[B].[H-].[Na+]. The van der Waals surface area contributed by atoms with E-state index in [0.717, 1.165) is 62.7 Å². The first kappa shape index (κ1) is 59.1. The molecule has 59 heavy (non-hydrogen) atoms. The van der Waals surface area contributed by atoms with Crippen LogP contribution in [0.4, 0.5) is 0 Å². The molecule has 21 heteroatoms. The number of H-pyrrole nitrogens is 3. The molecular formula is C38H44BBr4N8NaO4PS2. The summed E-state index contributed by atoms with van der Waals surface area (Å²) < 4.78 is 0.192. The predicted molar refractivity (Wildman–Crippen MR) is 257 cm³/mol. The fourth-order valence-electron chi connectivity index (χ4n) is 3.66. The molecule has 6 rings (SSSR count). The molecule has 0 saturated carbocycles. The van der Waals surface area contributed by atoms with E-state index in [1.165, 1.54) is 29.5 Å². The summed E-state index contributed by atoms with van der Waals surface area (Å²) in [5.41, 5.74) is 9.06. The molecule has 0 spiro atoms. The van der Waals surface area contributed by atoms with Crippen molar-refractivity contribution in [2.75, 3.05) is 0 Å². The quantitative estimate of drug-likeness (QED) is 0.0250. The van der Waals surface area contributed by atoms with Crippen molar-refractivity contribution in [1.29, 1.82) is 0 Å². The van der Waals surface area contributed by atoms with Gasteiger partial charge in [0.1, 0.15) is 4.03 Å². The van der Waals surface area contributed by atoms with Crippen LogP contribution < -0.4 is 40.7 Å². The Morgan fingerprint density at radius 2 is 1.17 bits per heavy atom. The average molecular weight is 1130 g/mol. The first-order valence-electron chi connectivity index (χ1n) is 16.6. The van der Waals surface area contributed by atoms with Crippen LogP contribution in [0, 0.1) is 46.3 Å². The first-order valence-corrected chi connectivity index (χ1v) is 26.5. The number of aryl methyl sites for hydroxylation is 6. The number of aromatic nitrogens is 8. The van der Waals surface area contributed by atoms with Crippen LogP contribution >= 0.6 is 90.4 Å². The van der Waals surface area contributed by atoms with Gasteiger partial charge in [-0.05, 0) is 147 Å². The van der Waals surface area contributed by atoms with Crippen LogP contribution in [0.5, 0.6) is 0 Å².